The number of amides is 1. The molecule has 1 fully saturated rings. The third kappa shape index (κ3) is 11.3. The Hall–Kier alpha value is -2.30. The molecule has 1 aromatic heterocycles. The van der Waals surface area contributed by atoms with Crippen LogP contribution in [0.4, 0.5) is 5.82 Å². The zero-order valence-corrected chi connectivity index (χ0v) is 24.0. The maximum atomic E-state index is 12.6. The van der Waals surface area contributed by atoms with E-state index in [9.17, 15) is 29.7 Å². The van der Waals surface area contributed by atoms with Gasteiger partial charge in [0.15, 0.2) is 12.0 Å². The van der Waals surface area contributed by atoms with Gasteiger partial charge in [-0.1, -0.05) is 44.7 Å². The van der Waals surface area contributed by atoms with Crippen LogP contribution in [0.5, 0.6) is 0 Å². The van der Waals surface area contributed by atoms with Crippen LogP contribution in [-0.2, 0) is 28.6 Å². The monoisotopic (exact) mass is 589 g/mol. The molecule has 14 nitrogen and oxygen atoms in total. The van der Waals surface area contributed by atoms with E-state index in [1.54, 1.807) is 0 Å². The number of rotatable bonds is 19. The summed E-state index contributed by atoms with van der Waals surface area (Å²) < 4.78 is 17.4. The van der Waals surface area contributed by atoms with Gasteiger partial charge in [-0.05, 0) is 12.8 Å². The lowest BCUT2D eigenvalue weighted by atomic mass is 10.1. The molecule has 6 atom stereocenters. The minimum Gasteiger partial charge on any atom is -0.462 e. The molecule has 228 valence electrons. The second-order valence-electron chi connectivity index (χ2n) is 9.65. The van der Waals surface area contributed by atoms with E-state index in [4.69, 9.17) is 19.9 Å². The average molecular weight is 590 g/mol. The number of thioether (sulfide) groups is 1. The number of aromatic nitrogens is 3. The summed E-state index contributed by atoms with van der Waals surface area (Å²) in [5, 5.41) is 39.4. The fraction of sp³-hybridized carbons (Fsp3) is 0.800. The van der Waals surface area contributed by atoms with E-state index in [0.29, 0.717) is 6.42 Å². The van der Waals surface area contributed by atoms with Crippen molar-refractivity contribution >= 4 is 35.4 Å². The zero-order chi connectivity index (χ0) is 29.5. The first-order valence-corrected chi connectivity index (χ1v) is 14.9. The molecule has 0 saturated carbocycles. The van der Waals surface area contributed by atoms with Crippen molar-refractivity contribution < 1.29 is 43.9 Å². The highest BCUT2D eigenvalue weighted by Gasteiger charge is 2.44. The van der Waals surface area contributed by atoms with Gasteiger partial charge in [-0.3, -0.25) is 14.4 Å². The van der Waals surface area contributed by atoms with Crippen LogP contribution in [0.25, 0.3) is 0 Å². The van der Waals surface area contributed by atoms with Crippen molar-refractivity contribution in [2.75, 3.05) is 30.0 Å². The van der Waals surface area contributed by atoms with Crippen molar-refractivity contribution in [2.45, 2.75) is 102 Å². The lowest BCUT2D eigenvalue weighted by molar-refractivity contribution is -0.157. The van der Waals surface area contributed by atoms with Crippen LogP contribution in [0.15, 0.2) is 6.20 Å². The summed E-state index contributed by atoms with van der Waals surface area (Å²) >= 11 is 1.28. The summed E-state index contributed by atoms with van der Waals surface area (Å²) in [6.07, 6.45) is 1.79. The van der Waals surface area contributed by atoms with Crippen LogP contribution in [0, 0.1) is 0 Å². The predicted octanol–water partition coefficient (Wildman–Crippen LogP) is 0.504. The lowest BCUT2D eigenvalue weighted by Gasteiger charge is -2.19. The number of esters is 2. The average Bonchev–Trinajstić information content (AvgIpc) is 3.50. The Morgan fingerprint density at radius 3 is 2.40 bits per heavy atom. The molecule has 2 rings (SSSR count). The number of carbonyl (C=O) groups excluding carboxylic acids is 3. The fourth-order valence-electron chi connectivity index (χ4n) is 3.84. The molecule has 0 aromatic carbocycles. The van der Waals surface area contributed by atoms with Crippen molar-refractivity contribution in [3.8, 4) is 0 Å². The number of hydrogen-bond donors (Lipinski definition) is 5. The van der Waals surface area contributed by atoms with Gasteiger partial charge in [-0.25, -0.2) is 4.68 Å². The van der Waals surface area contributed by atoms with Crippen LogP contribution in [0.3, 0.4) is 0 Å². The quantitative estimate of drug-likeness (QED) is 0.110. The van der Waals surface area contributed by atoms with Crippen LogP contribution in [0.1, 0.15) is 71.4 Å². The van der Waals surface area contributed by atoms with E-state index < -0.39 is 49.2 Å². The zero-order valence-electron chi connectivity index (χ0n) is 23.1. The maximum Gasteiger partial charge on any atom is 0.306 e. The largest absolute Gasteiger partial charge is 0.462 e. The molecular weight excluding hydrogens is 546 g/mol. The number of aliphatic hydroxyl groups excluding tert-OH is 3. The number of unbranched alkanes of at least 4 members (excludes halogenated alkanes) is 4. The molecule has 1 unspecified atom stereocenters. The van der Waals surface area contributed by atoms with E-state index in [-0.39, 0.29) is 42.3 Å². The SMILES string of the molecule is CCCCCC(=O)OC[C@H](CSC[C@@H](N)C(=O)Nc1cn([C@H]2OC(CO)[C@@H](O)[C@H]2O)nn1)OC(=O)CCCCC. The third-order valence-corrected chi connectivity index (χ3v) is 7.38. The van der Waals surface area contributed by atoms with Crippen molar-refractivity contribution in [2.24, 2.45) is 5.73 Å². The molecule has 1 amide bonds. The standard InChI is InChI=1S/C25H43N5O9S/c1-3-5-7-9-20(32)37-13-16(38-21(33)10-8-6-4-2)14-40-15-17(26)24(36)27-19-11-30(29-28-19)25-23(35)22(34)18(12-31)39-25/h11,16-18,22-23,25,31,34-35H,3-10,12-15,26H2,1-2H3,(H,27,36)/t16-,17-,18?,22-,23-,25+/m1/s1. The number of nitrogens with one attached hydrogen (secondary N) is 1. The first-order valence-electron chi connectivity index (χ1n) is 13.7. The molecule has 0 aliphatic carbocycles. The molecule has 0 spiro atoms. The van der Waals surface area contributed by atoms with Gasteiger partial charge in [0.1, 0.15) is 31.0 Å². The first-order chi connectivity index (χ1) is 19.2. The van der Waals surface area contributed by atoms with Crippen molar-refractivity contribution in [1.29, 1.82) is 0 Å². The number of ether oxygens (including phenoxy) is 3. The molecular formula is C25H43N5O9S. The second-order valence-corrected chi connectivity index (χ2v) is 10.7. The van der Waals surface area contributed by atoms with Crippen molar-refractivity contribution in [3.63, 3.8) is 0 Å². The summed E-state index contributed by atoms with van der Waals surface area (Å²) in [6.45, 7) is 3.53. The minimum absolute atomic E-state index is 0.0528. The Balaban J connectivity index is 1.83. The maximum absolute atomic E-state index is 12.6. The van der Waals surface area contributed by atoms with Gasteiger partial charge < -0.3 is 40.6 Å². The number of carbonyl (C=O) groups is 3. The smallest absolute Gasteiger partial charge is 0.306 e. The van der Waals surface area contributed by atoms with Gasteiger partial charge >= 0.3 is 11.9 Å². The highest BCUT2D eigenvalue weighted by atomic mass is 32.2. The molecule has 0 radical (unpaired) electrons. The number of nitrogens with zero attached hydrogens (tertiary/aromatic N) is 3. The molecule has 0 bridgehead atoms. The number of nitrogens with two attached hydrogens (primary N) is 1. The van der Waals surface area contributed by atoms with Crippen LogP contribution < -0.4 is 11.1 Å². The molecule has 6 N–H and O–H groups in total. The van der Waals surface area contributed by atoms with Gasteiger partial charge in [0.2, 0.25) is 5.91 Å². The van der Waals surface area contributed by atoms with Gasteiger partial charge in [-0.2, -0.15) is 11.8 Å². The Morgan fingerprint density at radius 1 is 1.10 bits per heavy atom. The van der Waals surface area contributed by atoms with Crippen molar-refractivity contribution in [3.05, 3.63) is 6.20 Å². The topological polar surface area (TPSA) is 208 Å². The summed E-state index contributed by atoms with van der Waals surface area (Å²) in [4.78, 5) is 36.8. The summed E-state index contributed by atoms with van der Waals surface area (Å²) in [7, 11) is 0. The van der Waals surface area contributed by atoms with E-state index >= 15 is 0 Å². The summed E-state index contributed by atoms with van der Waals surface area (Å²) in [6, 6.07) is -0.943. The first kappa shape index (κ1) is 33.9. The van der Waals surface area contributed by atoms with E-state index in [0.717, 1.165) is 43.2 Å². The normalized spacial score (nSPS) is 22.1. The van der Waals surface area contributed by atoms with Gasteiger partial charge in [0, 0.05) is 24.3 Å². The molecule has 15 heteroatoms. The fourth-order valence-corrected chi connectivity index (χ4v) is 4.80. The Labute approximate surface area is 238 Å². The molecule has 1 aromatic rings. The second kappa shape index (κ2) is 18.2. The molecule has 1 aliphatic heterocycles. The molecule has 40 heavy (non-hydrogen) atoms. The van der Waals surface area contributed by atoms with Crippen LogP contribution in [-0.4, -0.2) is 103 Å². The van der Waals surface area contributed by atoms with E-state index in [2.05, 4.69) is 15.6 Å². The summed E-state index contributed by atoms with van der Waals surface area (Å²) in [5.41, 5.74) is 6.02. The minimum atomic E-state index is -1.34. The van der Waals surface area contributed by atoms with Gasteiger partial charge in [-0.15, -0.1) is 5.10 Å². The molecule has 1 aliphatic rings. The van der Waals surface area contributed by atoms with Crippen LogP contribution >= 0.6 is 11.8 Å². The molecule has 2 heterocycles. The number of anilines is 1. The summed E-state index contributed by atoms with van der Waals surface area (Å²) in [5.74, 6) is -0.729. The Morgan fingerprint density at radius 2 is 1.77 bits per heavy atom. The number of aliphatic hydroxyl groups is 3. The van der Waals surface area contributed by atoms with Gasteiger partial charge in [0.25, 0.3) is 0 Å². The highest BCUT2D eigenvalue weighted by molar-refractivity contribution is 7.99. The lowest BCUT2D eigenvalue weighted by Crippen LogP contribution is -2.38. The predicted molar refractivity (Wildman–Crippen MR) is 146 cm³/mol. The van der Waals surface area contributed by atoms with E-state index in [1.807, 2.05) is 13.8 Å². The number of hydrogen-bond acceptors (Lipinski definition) is 13. The Bertz CT molecular complexity index is 921. The third-order valence-electron chi connectivity index (χ3n) is 6.17. The van der Waals surface area contributed by atoms with Gasteiger partial charge in [0.05, 0.1) is 18.8 Å². The van der Waals surface area contributed by atoms with Crippen LogP contribution in [0.2, 0.25) is 0 Å². The molecule has 1 saturated heterocycles. The van der Waals surface area contributed by atoms with E-state index in [1.165, 1.54) is 18.0 Å². The Kier molecular flexibility index (Phi) is 15.4. The van der Waals surface area contributed by atoms with Crippen molar-refractivity contribution in [1.82, 2.24) is 15.0 Å². The highest BCUT2D eigenvalue weighted by Crippen LogP contribution is 2.29.